The third-order valence-electron chi connectivity index (χ3n) is 6.45. The van der Waals surface area contributed by atoms with Gasteiger partial charge < -0.3 is 25.2 Å². The fraction of sp³-hybridized carbons (Fsp3) is 0.452. The molecule has 0 amide bonds. The minimum absolute atomic E-state index is 0.184. The first-order valence-electron chi connectivity index (χ1n) is 13.0. The van der Waals surface area contributed by atoms with E-state index in [-0.39, 0.29) is 5.41 Å². The molecular formula is C31H42N4O2. The van der Waals surface area contributed by atoms with Crippen molar-refractivity contribution in [1.82, 2.24) is 4.90 Å². The fourth-order valence-electron chi connectivity index (χ4n) is 4.66. The molecule has 1 aliphatic heterocycles. The normalized spacial score (nSPS) is 14.6. The number of nitrogens with zero attached hydrogens (tertiary/aromatic N) is 2. The Bertz CT molecular complexity index is 1130. The lowest BCUT2D eigenvalue weighted by Crippen LogP contribution is -2.37. The zero-order chi connectivity index (χ0) is 26.8. The van der Waals surface area contributed by atoms with E-state index in [0.29, 0.717) is 23.9 Å². The van der Waals surface area contributed by atoms with Crippen molar-refractivity contribution < 1.29 is 9.53 Å². The third-order valence-corrected chi connectivity index (χ3v) is 6.45. The van der Waals surface area contributed by atoms with E-state index in [1.807, 2.05) is 12.1 Å². The van der Waals surface area contributed by atoms with Gasteiger partial charge in [0.25, 0.3) is 0 Å². The Morgan fingerprint density at radius 3 is 2.59 bits per heavy atom. The van der Waals surface area contributed by atoms with Gasteiger partial charge in [0.15, 0.2) is 0 Å². The number of methoxy groups -OCH3 is 1. The number of rotatable bonds is 9. The van der Waals surface area contributed by atoms with Gasteiger partial charge in [0, 0.05) is 42.1 Å². The number of carbonyl (C=O) groups is 1. The van der Waals surface area contributed by atoms with Crippen molar-refractivity contribution in [1.29, 1.82) is 0 Å². The number of allylic oxidation sites excluding steroid dienone is 1. The quantitative estimate of drug-likeness (QED) is 0.343. The number of aldehydes is 1. The van der Waals surface area contributed by atoms with Crippen molar-refractivity contribution in [2.45, 2.75) is 39.7 Å². The predicted octanol–water partition coefficient (Wildman–Crippen LogP) is 5.62. The maximum atomic E-state index is 11.0. The molecule has 0 atom stereocenters. The van der Waals surface area contributed by atoms with Crippen LogP contribution in [0.1, 0.15) is 49.5 Å². The van der Waals surface area contributed by atoms with Crippen LogP contribution >= 0.6 is 0 Å². The summed E-state index contributed by atoms with van der Waals surface area (Å²) in [6, 6.07) is 12.3. The number of benzene rings is 2. The van der Waals surface area contributed by atoms with Gasteiger partial charge in [-0.1, -0.05) is 38.7 Å². The first-order valence-corrected chi connectivity index (χ1v) is 13.0. The smallest absolute Gasteiger partial charge is 0.150 e. The van der Waals surface area contributed by atoms with Crippen LogP contribution in [0, 0.1) is 17.3 Å². The van der Waals surface area contributed by atoms with Gasteiger partial charge >= 0.3 is 0 Å². The summed E-state index contributed by atoms with van der Waals surface area (Å²) in [6.07, 6.45) is 7.15. The average Bonchev–Trinajstić information content (AvgIpc) is 2.87. The zero-order valence-electron chi connectivity index (χ0n) is 23.2. The summed E-state index contributed by atoms with van der Waals surface area (Å²) in [7, 11) is 5.95. The van der Waals surface area contributed by atoms with E-state index in [4.69, 9.17) is 4.74 Å². The molecule has 6 heteroatoms. The zero-order valence-corrected chi connectivity index (χ0v) is 23.2. The highest BCUT2D eigenvalue weighted by Crippen LogP contribution is 2.32. The molecule has 1 saturated heterocycles. The summed E-state index contributed by atoms with van der Waals surface area (Å²) in [5, 5.41) is 7.09. The number of hydrogen-bond donors (Lipinski definition) is 2. The van der Waals surface area contributed by atoms with Crippen LogP contribution in [-0.4, -0.2) is 64.6 Å². The molecule has 0 spiro atoms. The Labute approximate surface area is 223 Å². The molecule has 0 radical (unpaired) electrons. The minimum atomic E-state index is 0.184. The Morgan fingerprint density at radius 1 is 1.16 bits per heavy atom. The number of likely N-dealkylation sites (tertiary alicyclic amines) is 1. The van der Waals surface area contributed by atoms with Gasteiger partial charge in [-0.2, -0.15) is 0 Å². The number of carbonyl (C=O) groups excluding carboxylic acids is 1. The number of nitrogens with one attached hydrogen (secondary N) is 2. The monoisotopic (exact) mass is 502 g/mol. The van der Waals surface area contributed by atoms with Gasteiger partial charge in [0.05, 0.1) is 19.3 Å². The third kappa shape index (κ3) is 8.58. The maximum absolute atomic E-state index is 11.0. The van der Waals surface area contributed by atoms with E-state index in [1.54, 1.807) is 19.2 Å². The standard InChI is InChI=1S/C31H42N4O2/c1-31(2,3)23-35(5)29-13-10-12-27(33-25-16-19-34(4)20-17-25)26(29)11-8-7-9-18-32-28-15-14-24(22-36)21-30(28)37-6/h8,10-15,21-22,25,32-33H,16-20,23H2,1-6H3/b11-8+. The second-order valence-electron chi connectivity index (χ2n) is 11.0. The van der Waals surface area contributed by atoms with Crippen LogP contribution in [0.25, 0.3) is 6.08 Å². The Balaban J connectivity index is 1.76. The summed E-state index contributed by atoms with van der Waals surface area (Å²) in [5.74, 6) is 6.96. The van der Waals surface area contributed by atoms with Crippen molar-refractivity contribution in [3.05, 3.63) is 53.6 Å². The molecule has 0 saturated carbocycles. The van der Waals surface area contributed by atoms with Crippen LogP contribution in [-0.2, 0) is 0 Å². The predicted molar refractivity (Wildman–Crippen MR) is 157 cm³/mol. The molecule has 2 aromatic rings. The van der Waals surface area contributed by atoms with E-state index in [9.17, 15) is 4.79 Å². The lowest BCUT2D eigenvalue weighted by Gasteiger charge is -2.32. The molecule has 1 aliphatic rings. The van der Waals surface area contributed by atoms with Gasteiger partial charge in [-0.25, -0.2) is 0 Å². The van der Waals surface area contributed by atoms with Crippen molar-refractivity contribution in [2.75, 3.05) is 62.9 Å². The topological polar surface area (TPSA) is 56.8 Å². The van der Waals surface area contributed by atoms with Crippen LogP contribution in [0.3, 0.4) is 0 Å². The Morgan fingerprint density at radius 2 is 1.92 bits per heavy atom. The summed E-state index contributed by atoms with van der Waals surface area (Å²) >= 11 is 0. The van der Waals surface area contributed by atoms with Crippen molar-refractivity contribution in [3.8, 4) is 17.6 Å². The fourth-order valence-corrected chi connectivity index (χ4v) is 4.66. The Kier molecular flexibility index (Phi) is 10.0. The molecule has 198 valence electrons. The molecule has 1 fully saturated rings. The summed E-state index contributed by atoms with van der Waals surface area (Å²) in [6.45, 7) is 10.4. The van der Waals surface area contributed by atoms with E-state index < -0.39 is 0 Å². The van der Waals surface area contributed by atoms with Crippen molar-refractivity contribution >= 4 is 29.4 Å². The number of piperidine rings is 1. The van der Waals surface area contributed by atoms with Crippen LogP contribution in [0.2, 0.25) is 0 Å². The number of hydrogen-bond acceptors (Lipinski definition) is 6. The average molecular weight is 503 g/mol. The van der Waals surface area contributed by atoms with Gasteiger partial charge in [-0.3, -0.25) is 4.79 Å². The molecule has 2 aromatic carbocycles. The first kappa shape index (κ1) is 28.1. The summed E-state index contributed by atoms with van der Waals surface area (Å²) in [4.78, 5) is 15.7. The Hall–Kier alpha value is -3.43. The molecule has 37 heavy (non-hydrogen) atoms. The van der Waals surface area contributed by atoms with Crippen molar-refractivity contribution in [2.24, 2.45) is 5.41 Å². The van der Waals surface area contributed by atoms with Crippen molar-refractivity contribution in [3.63, 3.8) is 0 Å². The largest absolute Gasteiger partial charge is 0.495 e. The molecule has 0 bridgehead atoms. The van der Waals surface area contributed by atoms with Gasteiger partial charge in [0.1, 0.15) is 12.0 Å². The van der Waals surface area contributed by atoms with E-state index in [1.165, 1.54) is 11.3 Å². The highest BCUT2D eigenvalue weighted by atomic mass is 16.5. The van der Waals surface area contributed by atoms with Gasteiger partial charge in [-0.15, -0.1) is 0 Å². The maximum Gasteiger partial charge on any atom is 0.150 e. The van der Waals surface area contributed by atoms with Crippen LogP contribution in [0.15, 0.2) is 42.5 Å². The molecule has 2 N–H and O–H groups in total. The number of ether oxygens (including phenoxy) is 1. The molecule has 1 heterocycles. The van der Waals surface area contributed by atoms with E-state index in [0.717, 1.165) is 50.1 Å². The van der Waals surface area contributed by atoms with Crippen LogP contribution in [0.5, 0.6) is 5.75 Å². The molecule has 0 aliphatic carbocycles. The van der Waals surface area contributed by atoms with E-state index >= 15 is 0 Å². The number of anilines is 3. The van der Waals surface area contributed by atoms with Gasteiger partial charge in [-0.05, 0) is 80.9 Å². The van der Waals surface area contributed by atoms with Crippen LogP contribution in [0.4, 0.5) is 17.1 Å². The molecular weight excluding hydrogens is 460 g/mol. The molecule has 3 rings (SSSR count). The SMILES string of the molecule is COc1cc(C=O)ccc1NCC#C/C=C/c1c(NC2CCN(C)CC2)cccc1N(C)CC(C)(C)C. The first-order chi connectivity index (χ1) is 17.7. The lowest BCUT2D eigenvalue weighted by atomic mass is 9.95. The summed E-state index contributed by atoms with van der Waals surface area (Å²) in [5.41, 5.74) is 5.10. The lowest BCUT2D eigenvalue weighted by molar-refractivity contribution is 0.112. The molecule has 0 aromatic heterocycles. The van der Waals surface area contributed by atoms with Crippen LogP contribution < -0.4 is 20.3 Å². The summed E-state index contributed by atoms with van der Waals surface area (Å²) < 4.78 is 5.38. The second-order valence-corrected chi connectivity index (χ2v) is 11.0. The van der Waals surface area contributed by atoms with E-state index in [2.05, 4.69) is 91.4 Å². The highest BCUT2D eigenvalue weighted by molar-refractivity contribution is 5.80. The molecule has 6 nitrogen and oxygen atoms in total. The van der Waals surface area contributed by atoms with Gasteiger partial charge in [0.2, 0.25) is 0 Å². The minimum Gasteiger partial charge on any atom is -0.495 e. The molecule has 0 unspecified atom stereocenters. The second kappa shape index (κ2) is 13.2. The highest BCUT2D eigenvalue weighted by Gasteiger charge is 2.20.